The number of rotatable bonds is 3. The summed E-state index contributed by atoms with van der Waals surface area (Å²) in [5.74, 6) is 0.303. The minimum atomic E-state index is -0.0657. The standard InChI is InChI=1S/C23H29N3O2/c1-3-25-16-23(15-20(22(25)28)18-7-5-4-6-8-18)10-13-26(14-11-23)21(27)19-9-12-24-17(19)2/h4-9,12,20,24H,3,10-11,13-16H2,1-2H3/t20-/m1/s1. The Morgan fingerprint density at radius 2 is 1.89 bits per heavy atom. The molecule has 0 unspecified atom stereocenters. The van der Waals surface area contributed by atoms with E-state index in [1.807, 2.05) is 47.2 Å². The number of likely N-dealkylation sites (N-methyl/N-ethyl adjacent to an activating group) is 1. The minimum absolute atomic E-state index is 0.0657. The van der Waals surface area contributed by atoms with E-state index < -0.39 is 0 Å². The van der Waals surface area contributed by atoms with Crippen LogP contribution in [0.25, 0.3) is 0 Å². The Hall–Kier alpha value is -2.56. The molecule has 5 nitrogen and oxygen atoms in total. The second kappa shape index (κ2) is 7.46. The van der Waals surface area contributed by atoms with Crippen molar-refractivity contribution in [3.8, 4) is 0 Å². The number of carbonyl (C=O) groups excluding carboxylic acids is 2. The van der Waals surface area contributed by atoms with Crippen molar-refractivity contribution in [2.75, 3.05) is 26.2 Å². The van der Waals surface area contributed by atoms with E-state index in [1.54, 1.807) is 0 Å². The van der Waals surface area contributed by atoms with Crippen molar-refractivity contribution in [3.05, 3.63) is 59.4 Å². The summed E-state index contributed by atoms with van der Waals surface area (Å²) in [6.07, 6.45) is 4.62. The van der Waals surface area contributed by atoms with Crippen molar-refractivity contribution in [2.45, 2.75) is 39.0 Å². The topological polar surface area (TPSA) is 56.4 Å². The molecule has 2 amide bonds. The average molecular weight is 380 g/mol. The van der Waals surface area contributed by atoms with Gasteiger partial charge in [0.1, 0.15) is 0 Å². The predicted molar refractivity (Wildman–Crippen MR) is 109 cm³/mol. The van der Waals surface area contributed by atoms with Crippen LogP contribution >= 0.6 is 0 Å². The van der Waals surface area contributed by atoms with E-state index in [4.69, 9.17) is 0 Å². The largest absolute Gasteiger partial charge is 0.365 e. The molecule has 2 aliphatic heterocycles. The van der Waals surface area contributed by atoms with Crippen molar-refractivity contribution in [2.24, 2.45) is 5.41 Å². The number of benzene rings is 1. The molecule has 2 saturated heterocycles. The van der Waals surface area contributed by atoms with E-state index >= 15 is 0 Å². The molecule has 1 N–H and O–H groups in total. The van der Waals surface area contributed by atoms with Gasteiger partial charge in [-0.05, 0) is 50.2 Å². The number of nitrogens with one attached hydrogen (secondary N) is 1. The van der Waals surface area contributed by atoms with Gasteiger partial charge in [-0.3, -0.25) is 9.59 Å². The number of aryl methyl sites for hydroxylation is 1. The van der Waals surface area contributed by atoms with Gasteiger partial charge in [-0.1, -0.05) is 30.3 Å². The number of carbonyl (C=O) groups is 2. The Morgan fingerprint density at radius 3 is 2.50 bits per heavy atom. The molecule has 0 radical (unpaired) electrons. The predicted octanol–water partition coefficient (Wildman–Crippen LogP) is 3.58. The third-order valence-corrected chi connectivity index (χ3v) is 6.65. The lowest BCUT2D eigenvalue weighted by Gasteiger charge is -2.49. The molecule has 1 aromatic heterocycles. The number of amides is 2. The molecule has 1 atom stereocenters. The number of hydrogen-bond donors (Lipinski definition) is 1. The molecule has 0 bridgehead atoms. The Labute approximate surface area is 166 Å². The maximum atomic E-state index is 13.0. The molecule has 2 fully saturated rings. The normalized spacial score (nSPS) is 21.9. The van der Waals surface area contributed by atoms with Crippen LogP contribution in [0.3, 0.4) is 0 Å². The molecule has 2 aliphatic rings. The van der Waals surface area contributed by atoms with E-state index in [9.17, 15) is 9.59 Å². The summed E-state index contributed by atoms with van der Waals surface area (Å²) in [5, 5.41) is 0. The van der Waals surface area contributed by atoms with Gasteiger partial charge in [0.25, 0.3) is 5.91 Å². The van der Waals surface area contributed by atoms with Crippen molar-refractivity contribution >= 4 is 11.8 Å². The van der Waals surface area contributed by atoms with Crippen LogP contribution in [0.4, 0.5) is 0 Å². The highest BCUT2D eigenvalue weighted by Crippen LogP contribution is 2.45. The van der Waals surface area contributed by atoms with Gasteiger partial charge in [-0.25, -0.2) is 0 Å². The molecule has 2 aromatic rings. The fraction of sp³-hybridized carbons (Fsp3) is 0.478. The van der Waals surface area contributed by atoms with Crippen LogP contribution in [0.1, 0.15) is 53.7 Å². The summed E-state index contributed by atoms with van der Waals surface area (Å²) < 4.78 is 0. The van der Waals surface area contributed by atoms with Crippen molar-refractivity contribution in [1.29, 1.82) is 0 Å². The highest BCUT2D eigenvalue weighted by molar-refractivity contribution is 5.95. The number of piperidine rings is 2. The monoisotopic (exact) mass is 379 g/mol. The highest BCUT2D eigenvalue weighted by Gasteiger charge is 2.46. The lowest BCUT2D eigenvalue weighted by Crippen LogP contribution is -2.54. The maximum absolute atomic E-state index is 13.0. The average Bonchev–Trinajstić information content (AvgIpc) is 3.16. The third kappa shape index (κ3) is 3.34. The first-order chi connectivity index (χ1) is 13.5. The lowest BCUT2D eigenvalue weighted by molar-refractivity contribution is -0.141. The number of nitrogens with zero attached hydrogens (tertiary/aromatic N) is 2. The molecule has 3 heterocycles. The molecule has 1 aromatic carbocycles. The molecule has 28 heavy (non-hydrogen) atoms. The third-order valence-electron chi connectivity index (χ3n) is 6.65. The Kier molecular flexibility index (Phi) is 5.00. The van der Waals surface area contributed by atoms with Gasteiger partial charge in [0.15, 0.2) is 0 Å². The Bertz CT molecular complexity index is 850. The van der Waals surface area contributed by atoms with Gasteiger partial charge in [-0.2, -0.15) is 0 Å². The van der Waals surface area contributed by atoms with Gasteiger partial charge in [0.05, 0.1) is 11.5 Å². The molecular formula is C23H29N3O2. The summed E-state index contributed by atoms with van der Waals surface area (Å²) >= 11 is 0. The van der Waals surface area contributed by atoms with Crippen LogP contribution in [0.15, 0.2) is 42.6 Å². The summed E-state index contributed by atoms with van der Waals surface area (Å²) in [6, 6.07) is 12.0. The van der Waals surface area contributed by atoms with Gasteiger partial charge in [-0.15, -0.1) is 0 Å². The van der Waals surface area contributed by atoms with E-state index in [-0.39, 0.29) is 23.1 Å². The molecule has 4 rings (SSSR count). The van der Waals surface area contributed by atoms with E-state index in [1.165, 1.54) is 0 Å². The van der Waals surface area contributed by atoms with Crippen LogP contribution in [0.2, 0.25) is 0 Å². The number of H-pyrrole nitrogens is 1. The second-order valence-corrected chi connectivity index (χ2v) is 8.33. The molecule has 1 spiro atoms. The van der Waals surface area contributed by atoms with Crippen LogP contribution in [0, 0.1) is 12.3 Å². The van der Waals surface area contributed by atoms with E-state index in [0.29, 0.717) is 0 Å². The fourth-order valence-electron chi connectivity index (χ4n) is 4.90. The maximum Gasteiger partial charge on any atom is 0.255 e. The fourth-order valence-corrected chi connectivity index (χ4v) is 4.90. The van der Waals surface area contributed by atoms with E-state index in [0.717, 1.165) is 62.3 Å². The summed E-state index contributed by atoms with van der Waals surface area (Å²) in [4.78, 5) is 33.0. The van der Waals surface area contributed by atoms with Crippen molar-refractivity contribution in [1.82, 2.24) is 14.8 Å². The Balaban J connectivity index is 1.51. The van der Waals surface area contributed by atoms with Gasteiger partial charge in [0, 0.05) is 38.1 Å². The minimum Gasteiger partial charge on any atom is -0.365 e. The van der Waals surface area contributed by atoms with Crippen LogP contribution in [-0.4, -0.2) is 52.8 Å². The van der Waals surface area contributed by atoms with Gasteiger partial charge >= 0.3 is 0 Å². The smallest absolute Gasteiger partial charge is 0.255 e. The number of aromatic nitrogens is 1. The van der Waals surface area contributed by atoms with E-state index in [2.05, 4.69) is 24.0 Å². The quantitative estimate of drug-likeness (QED) is 0.886. The SMILES string of the molecule is CCN1CC2(CCN(C(=O)c3cc[nH]c3C)CC2)C[C@H](c2ccccc2)C1=O. The molecular weight excluding hydrogens is 350 g/mol. The molecule has 148 valence electrons. The summed E-state index contributed by atoms with van der Waals surface area (Å²) in [5.41, 5.74) is 2.92. The number of likely N-dealkylation sites (tertiary alicyclic amines) is 2. The zero-order valence-electron chi connectivity index (χ0n) is 16.8. The summed E-state index contributed by atoms with van der Waals surface area (Å²) in [6.45, 7) is 7.08. The zero-order chi connectivity index (χ0) is 19.7. The van der Waals surface area contributed by atoms with Gasteiger partial charge in [0.2, 0.25) is 5.91 Å². The summed E-state index contributed by atoms with van der Waals surface area (Å²) in [7, 11) is 0. The number of aromatic amines is 1. The highest BCUT2D eigenvalue weighted by atomic mass is 16.2. The molecule has 0 aliphatic carbocycles. The van der Waals surface area contributed by atoms with Gasteiger partial charge < -0.3 is 14.8 Å². The second-order valence-electron chi connectivity index (χ2n) is 8.33. The van der Waals surface area contributed by atoms with Crippen LogP contribution in [-0.2, 0) is 4.79 Å². The first kappa shape index (κ1) is 18.8. The lowest BCUT2D eigenvalue weighted by atomic mass is 9.67. The first-order valence-electron chi connectivity index (χ1n) is 10.3. The first-order valence-corrected chi connectivity index (χ1v) is 10.3. The molecule has 5 heteroatoms. The van der Waals surface area contributed by atoms with Crippen molar-refractivity contribution in [3.63, 3.8) is 0 Å². The zero-order valence-corrected chi connectivity index (χ0v) is 16.8. The number of hydrogen-bond acceptors (Lipinski definition) is 2. The van der Waals surface area contributed by atoms with Crippen LogP contribution < -0.4 is 0 Å². The van der Waals surface area contributed by atoms with Crippen molar-refractivity contribution < 1.29 is 9.59 Å². The van der Waals surface area contributed by atoms with Crippen LogP contribution in [0.5, 0.6) is 0 Å². The Morgan fingerprint density at radius 1 is 1.18 bits per heavy atom. The molecule has 0 saturated carbocycles.